The van der Waals surface area contributed by atoms with Crippen LogP contribution in [0.3, 0.4) is 0 Å². The molecular weight excluding hydrogens is 399 g/mol. The van der Waals surface area contributed by atoms with E-state index < -0.39 is 0 Å². The van der Waals surface area contributed by atoms with Gasteiger partial charge in [0.25, 0.3) is 0 Å². The molecule has 18 heavy (non-hydrogen) atoms. The van der Waals surface area contributed by atoms with Gasteiger partial charge in [-0.3, -0.25) is 0 Å². The van der Waals surface area contributed by atoms with Gasteiger partial charge in [0, 0.05) is 0 Å². The van der Waals surface area contributed by atoms with Crippen molar-refractivity contribution in [1.29, 1.82) is 0 Å². The topological polar surface area (TPSA) is 0 Å². The Morgan fingerprint density at radius 1 is 0.667 bits per heavy atom. The first-order valence-corrected chi connectivity index (χ1v) is 10.6. The Balaban J connectivity index is 0.000000492. The number of aryl methyl sites for hydroxylation is 2. The molecule has 0 aliphatic carbocycles. The predicted octanol–water partition coefficient (Wildman–Crippen LogP) is 5.55. The van der Waals surface area contributed by atoms with Gasteiger partial charge in [0.1, 0.15) is 0 Å². The number of hydrogen-bond acceptors (Lipinski definition) is 0. The van der Waals surface area contributed by atoms with Crippen molar-refractivity contribution in [3.05, 3.63) is 71.8 Å². The molecule has 0 nitrogen and oxygen atoms in total. The smallest absolute Gasteiger partial charge is 0.0276 e. The van der Waals surface area contributed by atoms with Crippen LogP contribution < -0.4 is 0 Å². The summed E-state index contributed by atoms with van der Waals surface area (Å²) in [4.78, 5) is 0. The van der Waals surface area contributed by atoms with Crippen molar-refractivity contribution in [2.75, 3.05) is 0 Å². The van der Waals surface area contributed by atoms with Crippen molar-refractivity contribution < 1.29 is 10.9 Å². The molecule has 0 bridgehead atoms. The molecule has 0 saturated heterocycles. The van der Waals surface area contributed by atoms with Gasteiger partial charge in [0.15, 0.2) is 0 Å². The first kappa shape index (κ1) is 15.9. The van der Waals surface area contributed by atoms with E-state index in [9.17, 15) is 0 Å². The average molecular weight is 415 g/mol. The zero-order valence-corrected chi connectivity index (χ0v) is 14.1. The van der Waals surface area contributed by atoms with Crippen LogP contribution in [0.2, 0.25) is 0 Å². The maximum absolute atomic E-state index is 3.00. The summed E-state index contributed by atoms with van der Waals surface area (Å²) in [5, 5.41) is 0. The van der Waals surface area contributed by atoms with Crippen molar-refractivity contribution in [2.24, 2.45) is 0 Å². The third-order valence-corrected chi connectivity index (χ3v) is 2.62. The summed E-state index contributed by atoms with van der Waals surface area (Å²) in [7, 11) is 1.25. The number of halogens is 2. The summed E-state index contributed by atoms with van der Waals surface area (Å²) in [6.07, 6.45) is 3.58. The van der Waals surface area contributed by atoms with E-state index in [0.717, 1.165) is 0 Å². The fraction of sp³-hybridized carbons (Fsp3) is 0.200. The Bertz CT molecular complexity index is 364. The number of benzene rings is 2. The normalized spacial score (nSPS) is 9.67. The number of rotatable bonds is 4. The Hall–Kier alpha value is -0.106. The predicted molar refractivity (Wildman–Crippen MR) is 82.8 cm³/mol. The van der Waals surface area contributed by atoms with Gasteiger partial charge >= 0.3 is 39.3 Å². The van der Waals surface area contributed by atoms with Crippen LogP contribution in [-0.2, 0) is 23.7 Å². The van der Waals surface area contributed by atoms with Gasteiger partial charge in [0.05, 0.1) is 0 Å². The summed E-state index contributed by atoms with van der Waals surface area (Å²) in [5.41, 5.74) is 2.88. The third kappa shape index (κ3) is 7.36. The van der Waals surface area contributed by atoms with E-state index in [-0.39, 0.29) is 0 Å². The van der Waals surface area contributed by atoms with Crippen molar-refractivity contribution >= 4 is 28.5 Å². The number of hydrogen-bond donors (Lipinski definition) is 0. The molecule has 0 saturated carbocycles. The Morgan fingerprint density at radius 3 is 1.33 bits per heavy atom. The molecule has 0 unspecified atom stereocenters. The zero-order valence-electron chi connectivity index (χ0n) is 9.97. The quantitative estimate of drug-likeness (QED) is 0.575. The summed E-state index contributed by atoms with van der Waals surface area (Å²) in [6, 6.07) is 21.4. The van der Waals surface area contributed by atoms with Crippen molar-refractivity contribution in [3.63, 3.8) is 0 Å². The van der Waals surface area contributed by atoms with Crippen LogP contribution in [0.15, 0.2) is 60.7 Å². The van der Waals surface area contributed by atoms with Crippen LogP contribution in [0.25, 0.3) is 0 Å². The molecular formula is C15H16Br2Ni. The Morgan fingerprint density at radius 2 is 1.00 bits per heavy atom. The zero-order chi connectivity index (χ0) is 13.1. The van der Waals surface area contributed by atoms with Crippen LogP contribution in [0.1, 0.15) is 17.5 Å². The molecule has 2 rings (SSSR count). The SMILES string of the molecule is [Br][Ni][Br].c1ccc(CCCc2ccccc2)cc1. The molecule has 0 N–H and O–H groups in total. The van der Waals surface area contributed by atoms with E-state index in [1.165, 1.54) is 41.3 Å². The Labute approximate surface area is 130 Å². The molecule has 0 heterocycles. The minimum absolute atomic E-state index is 1.18. The van der Waals surface area contributed by atoms with Crippen LogP contribution in [-0.4, -0.2) is 0 Å². The summed E-state index contributed by atoms with van der Waals surface area (Å²) >= 11 is 6.00. The van der Waals surface area contributed by atoms with Crippen LogP contribution in [0.5, 0.6) is 0 Å². The molecule has 0 atom stereocenters. The second-order valence-electron chi connectivity index (χ2n) is 3.87. The van der Waals surface area contributed by atoms with Gasteiger partial charge in [-0.05, 0) is 30.4 Å². The molecule has 0 amide bonds. The van der Waals surface area contributed by atoms with Crippen LogP contribution >= 0.6 is 28.5 Å². The van der Waals surface area contributed by atoms with Gasteiger partial charge in [-0.1, -0.05) is 60.7 Å². The first-order chi connectivity index (χ1) is 8.86. The van der Waals surface area contributed by atoms with Crippen molar-refractivity contribution in [3.8, 4) is 0 Å². The third-order valence-electron chi connectivity index (χ3n) is 2.62. The molecule has 0 aliphatic rings. The fourth-order valence-corrected chi connectivity index (χ4v) is 1.79. The maximum Gasteiger partial charge on any atom is -0.0276 e. The van der Waals surface area contributed by atoms with Gasteiger partial charge in [-0.15, -0.1) is 0 Å². The molecule has 2 aromatic rings. The minimum atomic E-state index is 1.18. The summed E-state index contributed by atoms with van der Waals surface area (Å²) in [5.74, 6) is 0. The molecule has 3 heteroatoms. The van der Waals surface area contributed by atoms with Crippen molar-refractivity contribution in [2.45, 2.75) is 19.3 Å². The van der Waals surface area contributed by atoms with E-state index in [1.807, 2.05) is 0 Å². The molecule has 2 aromatic carbocycles. The van der Waals surface area contributed by atoms with E-state index in [4.69, 9.17) is 0 Å². The van der Waals surface area contributed by atoms with E-state index >= 15 is 0 Å². The second kappa shape index (κ2) is 10.8. The standard InChI is InChI=1S/C15H16.2BrH.Ni/c1-3-8-14(9-4-1)12-7-13-15-10-5-2-6-11-15;;;/h1-6,8-11H,7,12-13H2;2*1H;/q;;;+2/p-2. The van der Waals surface area contributed by atoms with Crippen LogP contribution in [0, 0.1) is 0 Å². The van der Waals surface area contributed by atoms with Crippen LogP contribution in [0.4, 0.5) is 0 Å². The summed E-state index contributed by atoms with van der Waals surface area (Å²) < 4.78 is 0. The summed E-state index contributed by atoms with van der Waals surface area (Å²) in [6.45, 7) is 0. The Kier molecular flexibility index (Phi) is 9.55. The van der Waals surface area contributed by atoms with Gasteiger partial charge in [-0.25, -0.2) is 0 Å². The maximum atomic E-state index is 3.00. The first-order valence-electron chi connectivity index (χ1n) is 5.77. The minimum Gasteiger partial charge on any atom is -0.0622 e. The molecule has 0 fully saturated rings. The van der Waals surface area contributed by atoms with Gasteiger partial charge < -0.3 is 0 Å². The molecule has 0 aliphatic heterocycles. The van der Waals surface area contributed by atoms with E-state index in [0.29, 0.717) is 0 Å². The molecule has 0 aromatic heterocycles. The second-order valence-corrected chi connectivity index (χ2v) is 8.85. The van der Waals surface area contributed by atoms with Crippen molar-refractivity contribution in [1.82, 2.24) is 0 Å². The largest absolute Gasteiger partial charge is 0.0622 e. The van der Waals surface area contributed by atoms with E-state index in [2.05, 4.69) is 89.1 Å². The average Bonchev–Trinajstić information content (AvgIpc) is 2.42. The molecule has 0 spiro atoms. The monoisotopic (exact) mass is 412 g/mol. The van der Waals surface area contributed by atoms with Gasteiger partial charge in [-0.2, -0.15) is 0 Å². The fourth-order valence-electron chi connectivity index (χ4n) is 1.79. The van der Waals surface area contributed by atoms with Gasteiger partial charge in [0.2, 0.25) is 0 Å². The molecule has 0 radical (unpaired) electrons. The van der Waals surface area contributed by atoms with E-state index in [1.54, 1.807) is 0 Å². The molecule has 100 valence electrons.